The van der Waals surface area contributed by atoms with Gasteiger partial charge in [0.05, 0.1) is 23.3 Å². The maximum absolute atomic E-state index is 12.9. The van der Waals surface area contributed by atoms with E-state index in [4.69, 9.17) is 0 Å². The zero-order valence-electron chi connectivity index (χ0n) is 15.5. The summed E-state index contributed by atoms with van der Waals surface area (Å²) >= 11 is 0. The molecule has 27 heavy (non-hydrogen) atoms. The van der Waals surface area contributed by atoms with Crippen LogP contribution in [0, 0.1) is 10.1 Å². The lowest BCUT2D eigenvalue weighted by molar-refractivity contribution is -0.384. The van der Waals surface area contributed by atoms with E-state index in [2.05, 4.69) is 10.1 Å². The van der Waals surface area contributed by atoms with Crippen molar-refractivity contribution in [2.45, 2.75) is 50.0 Å². The van der Waals surface area contributed by atoms with E-state index in [1.165, 1.54) is 23.5 Å². The molecule has 1 unspecified atom stereocenters. The van der Waals surface area contributed by atoms with Crippen LogP contribution in [0.15, 0.2) is 23.1 Å². The number of nitrogens with zero attached hydrogens (tertiary/aromatic N) is 2. The lowest BCUT2D eigenvalue weighted by Crippen LogP contribution is -2.32. The van der Waals surface area contributed by atoms with Crippen LogP contribution in [-0.2, 0) is 19.6 Å². The summed E-state index contributed by atoms with van der Waals surface area (Å²) in [6.07, 6.45) is 3.56. The first-order valence-electron chi connectivity index (χ1n) is 8.87. The summed E-state index contributed by atoms with van der Waals surface area (Å²) in [5, 5.41) is 14.3. The Kier molecular flexibility index (Phi) is 7.14. The van der Waals surface area contributed by atoms with E-state index in [0.717, 1.165) is 31.7 Å². The minimum absolute atomic E-state index is 0.0292. The van der Waals surface area contributed by atoms with Crippen molar-refractivity contribution in [3.63, 3.8) is 0 Å². The lowest BCUT2D eigenvalue weighted by Gasteiger charge is -2.20. The molecule has 1 aliphatic heterocycles. The average molecular weight is 399 g/mol. The Morgan fingerprint density at radius 3 is 2.48 bits per heavy atom. The third-order valence-corrected chi connectivity index (χ3v) is 6.37. The number of ether oxygens (including phenoxy) is 1. The van der Waals surface area contributed by atoms with Gasteiger partial charge in [0.1, 0.15) is 5.69 Å². The molecule has 1 aromatic carbocycles. The number of hydrogen-bond acceptors (Lipinski definition) is 7. The highest BCUT2D eigenvalue weighted by molar-refractivity contribution is 7.89. The van der Waals surface area contributed by atoms with Crippen molar-refractivity contribution >= 4 is 27.4 Å². The number of nitrogens with one attached hydrogen (secondary N) is 1. The molecule has 10 heteroatoms. The fraction of sp³-hybridized carbons (Fsp3) is 0.588. The number of benzene rings is 1. The predicted molar refractivity (Wildman–Crippen MR) is 100 cm³/mol. The third-order valence-electron chi connectivity index (χ3n) is 4.47. The Morgan fingerprint density at radius 2 is 1.93 bits per heavy atom. The van der Waals surface area contributed by atoms with Crippen LogP contribution in [0.3, 0.4) is 0 Å². The number of nitro benzene ring substituents is 1. The summed E-state index contributed by atoms with van der Waals surface area (Å²) in [5.41, 5.74) is -0.186. The summed E-state index contributed by atoms with van der Waals surface area (Å²) in [6, 6.07) is 3.40. The highest BCUT2D eigenvalue weighted by Crippen LogP contribution is 2.30. The van der Waals surface area contributed by atoms with Crippen LogP contribution >= 0.6 is 0 Å². The highest BCUT2D eigenvalue weighted by Gasteiger charge is 2.28. The second kappa shape index (κ2) is 9.14. The van der Waals surface area contributed by atoms with Crippen LogP contribution in [0.5, 0.6) is 0 Å². The van der Waals surface area contributed by atoms with Crippen LogP contribution < -0.4 is 5.32 Å². The zero-order valence-corrected chi connectivity index (χ0v) is 16.3. The van der Waals surface area contributed by atoms with Gasteiger partial charge in [0.2, 0.25) is 10.0 Å². The fourth-order valence-electron chi connectivity index (χ4n) is 3.03. The summed E-state index contributed by atoms with van der Waals surface area (Å²) < 4.78 is 31.7. The molecule has 9 nitrogen and oxygen atoms in total. The van der Waals surface area contributed by atoms with Crippen LogP contribution in [0.2, 0.25) is 0 Å². The van der Waals surface area contributed by atoms with E-state index >= 15 is 0 Å². The summed E-state index contributed by atoms with van der Waals surface area (Å²) in [7, 11) is -2.52. The molecule has 150 valence electrons. The topological polar surface area (TPSA) is 119 Å². The van der Waals surface area contributed by atoms with E-state index in [-0.39, 0.29) is 22.7 Å². The van der Waals surface area contributed by atoms with Gasteiger partial charge >= 0.3 is 5.97 Å². The van der Waals surface area contributed by atoms with E-state index in [1.54, 1.807) is 6.92 Å². The molecule has 0 radical (unpaired) electrons. The molecule has 1 aromatic rings. The van der Waals surface area contributed by atoms with Gasteiger partial charge < -0.3 is 10.1 Å². The SMILES string of the molecule is COC(=O)CC(C)Nc1ccc(S(=O)(=O)N2CCCCCC2)cc1[N+](=O)[O-]. The molecular weight excluding hydrogens is 374 g/mol. The van der Waals surface area contributed by atoms with Crippen molar-refractivity contribution in [3.8, 4) is 0 Å². The number of rotatable bonds is 7. The molecule has 1 aliphatic rings. The Labute approximate surface area is 158 Å². The Balaban J connectivity index is 2.28. The first-order valence-corrected chi connectivity index (χ1v) is 10.3. The van der Waals surface area contributed by atoms with Gasteiger partial charge in [0.15, 0.2) is 0 Å². The van der Waals surface area contributed by atoms with E-state index < -0.39 is 27.0 Å². The smallest absolute Gasteiger partial charge is 0.307 e. The van der Waals surface area contributed by atoms with Crippen molar-refractivity contribution < 1.29 is 22.9 Å². The van der Waals surface area contributed by atoms with Crippen LogP contribution in [0.4, 0.5) is 11.4 Å². The Morgan fingerprint density at radius 1 is 1.30 bits per heavy atom. The fourth-order valence-corrected chi connectivity index (χ4v) is 4.56. The van der Waals surface area contributed by atoms with Crippen molar-refractivity contribution in [2.24, 2.45) is 0 Å². The van der Waals surface area contributed by atoms with Gasteiger partial charge in [-0.15, -0.1) is 0 Å². The number of anilines is 1. The Hall–Kier alpha value is -2.20. The van der Waals surface area contributed by atoms with Crippen LogP contribution in [0.1, 0.15) is 39.0 Å². The van der Waals surface area contributed by atoms with Gasteiger partial charge in [-0.2, -0.15) is 4.31 Å². The van der Waals surface area contributed by atoms with Crippen LogP contribution in [-0.4, -0.2) is 49.9 Å². The molecule has 0 amide bonds. The van der Waals surface area contributed by atoms with Crippen molar-refractivity contribution in [1.82, 2.24) is 4.31 Å². The van der Waals surface area contributed by atoms with Gasteiger partial charge in [-0.25, -0.2) is 8.42 Å². The number of nitro groups is 1. The maximum atomic E-state index is 12.9. The van der Waals surface area contributed by atoms with Gasteiger partial charge in [-0.1, -0.05) is 12.8 Å². The summed E-state index contributed by atoms with van der Waals surface area (Å²) in [6.45, 7) is 2.53. The summed E-state index contributed by atoms with van der Waals surface area (Å²) in [5.74, 6) is -0.446. The lowest BCUT2D eigenvalue weighted by atomic mass is 10.2. The van der Waals surface area contributed by atoms with Crippen LogP contribution in [0.25, 0.3) is 0 Å². The standard InChI is InChI=1S/C17H25N3O6S/c1-13(11-17(21)26-2)18-15-8-7-14(12-16(15)20(22)23)27(24,25)19-9-5-3-4-6-10-19/h7-8,12-13,18H,3-6,9-11H2,1-2H3. The minimum atomic E-state index is -3.78. The van der Waals surface area contributed by atoms with E-state index in [0.29, 0.717) is 13.1 Å². The van der Waals surface area contributed by atoms with Gasteiger partial charge in [0, 0.05) is 25.2 Å². The molecule has 1 atom stereocenters. The molecule has 0 bridgehead atoms. The molecule has 0 aliphatic carbocycles. The predicted octanol–water partition coefficient (Wildman–Crippen LogP) is 2.52. The molecule has 1 fully saturated rings. The molecule has 1 N–H and O–H groups in total. The number of carbonyl (C=O) groups is 1. The zero-order chi connectivity index (χ0) is 20.0. The largest absolute Gasteiger partial charge is 0.469 e. The van der Waals surface area contributed by atoms with E-state index in [1.807, 2.05) is 0 Å². The van der Waals surface area contributed by atoms with Gasteiger partial charge in [0.25, 0.3) is 5.69 Å². The minimum Gasteiger partial charge on any atom is -0.469 e. The van der Waals surface area contributed by atoms with Crippen molar-refractivity contribution in [2.75, 3.05) is 25.5 Å². The second-order valence-corrected chi connectivity index (χ2v) is 8.52. The molecule has 0 spiro atoms. The molecule has 1 saturated heterocycles. The first-order chi connectivity index (χ1) is 12.8. The summed E-state index contributed by atoms with van der Waals surface area (Å²) in [4.78, 5) is 22.1. The second-order valence-electron chi connectivity index (χ2n) is 6.58. The number of esters is 1. The molecule has 0 saturated carbocycles. The molecular formula is C17H25N3O6S. The normalized spacial score (nSPS) is 17.0. The van der Waals surface area contributed by atoms with Gasteiger partial charge in [-0.05, 0) is 31.9 Å². The van der Waals surface area contributed by atoms with Gasteiger partial charge in [-0.3, -0.25) is 14.9 Å². The third kappa shape index (κ3) is 5.39. The number of carbonyl (C=O) groups excluding carboxylic acids is 1. The molecule has 0 aromatic heterocycles. The molecule has 2 rings (SSSR count). The Bertz CT molecular complexity index is 788. The number of hydrogen-bond donors (Lipinski definition) is 1. The van der Waals surface area contributed by atoms with Crippen molar-refractivity contribution in [3.05, 3.63) is 28.3 Å². The monoisotopic (exact) mass is 399 g/mol. The van der Waals surface area contributed by atoms with E-state index in [9.17, 15) is 23.3 Å². The quantitative estimate of drug-likeness (QED) is 0.425. The number of sulfonamides is 1. The first kappa shape index (κ1) is 21.1. The maximum Gasteiger partial charge on any atom is 0.307 e. The molecule has 1 heterocycles. The average Bonchev–Trinajstić information content (AvgIpc) is 2.91. The highest BCUT2D eigenvalue weighted by atomic mass is 32.2. The number of methoxy groups -OCH3 is 1. The van der Waals surface area contributed by atoms with Crippen molar-refractivity contribution in [1.29, 1.82) is 0 Å².